The van der Waals surface area contributed by atoms with Gasteiger partial charge in [0.1, 0.15) is 11.5 Å². The summed E-state index contributed by atoms with van der Waals surface area (Å²) in [5, 5.41) is 14.4. The first-order valence-corrected chi connectivity index (χ1v) is 8.17. The highest BCUT2D eigenvalue weighted by molar-refractivity contribution is 5.89. The van der Waals surface area contributed by atoms with Gasteiger partial charge in [0.2, 0.25) is 0 Å². The fourth-order valence-corrected chi connectivity index (χ4v) is 2.53. The zero-order chi connectivity index (χ0) is 17.5. The van der Waals surface area contributed by atoms with E-state index >= 15 is 0 Å². The van der Waals surface area contributed by atoms with Crippen LogP contribution in [0.3, 0.4) is 0 Å². The summed E-state index contributed by atoms with van der Waals surface area (Å²) in [6.07, 6.45) is 2.16. The molecule has 1 fully saturated rings. The summed E-state index contributed by atoms with van der Waals surface area (Å²) in [6, 6.07) is 15.8. The molecule has 0 aromatic heterocycles. The van der Waals surface area contributed by atoms with Crippen LogP contribution in [-0.4, -0.2) is 25.3 Å². The third-order valence-electron chi connectivity index (χ3n) is 3.85. The highest BCUT2D eigenvalue weighted by atomic mass is 16.5. The minimum Gasteiger partial charge on any atom is -0.457 e. The number of nitriles is 1. The topological polar surface area (TPSA) is 83.4 Å². The van der Waals surface area contributed by atoms with Crippen molar-refractivity contribution in [3.63, 3.8) is 0 Å². The lowest BCUT2D eigenvalue weighted by atomic mass is 10.2. The van der Waals surface area contributed by atoms with Crippen LogP contribution in [0.4, 0.5) is 10.5 Å². The Morgan fingerprint density at radius 3 is 2.44 bits per heavy atom. The number of carbonyl (C=O) groups is 1. The second-order valence-electron chi connectivity index (χ2n) is 5.73. The molecule has 2 amide bonds. The summed E-state index contributed by atoms with van der Waals surface area (Å²) in [6.45, 7) is 1.29. The van der Waals surface area contributed by atoms with Gasteiger partial charge >= 0.3 is 6.03 Å². The van der Waals surface area contributed by atoms with Crippen molar-refractivity contribution in [2.75, 3.05) is 18.5 Å². The van der Waals surface area contributed by atoms with E-state index < -0.39 is 0 Å². The van der Waals surface area contributed by atoms with Crippen molar-refractivity contribution < 1.29 is 14.3 Å². The van der Waals surface area contributed by atoms with E-state index in [0.717, 1.165) is 19.4 Å². The summed E-state index contributed by atoms with van der Waals surface area (Å²) in [5.41, 5.74) is 1.26. The van der Waals surface area contributed by atoms with Gasteiger partial charge in [0.25, 0.3) is 0 Å². The smallest absolute Gasteiger partial charge is 0.319 e. The maximum Gasteiger partial charge on any atom is 0.319 e. The first kappa shape index (κ1) is 16.8. The van der Waals surface area contributed by atoms with Gasteiger partial charge in [-0.25, -0.2) is 4.79 Å². The Morgan fingerprint density at radius 1 is 1.16 bits per heavy atom. The van der Waals surface area contributed by atoms with Crippen LogP contribution in [0.5, 0.6) is 11.5 Å². The molecule has 6 nitrogen and oxygen atoms in total. The summed E-state index contributed by atoms with van der Waals surface area (Å²) in [7, 11) is 0. The third-order valence-corrected chi connectivity index (χ3v) is 3.85. The van der Waals surface area contributed by atoms with Gasteiger partial charge in [-0.3, -0.25) is 0 Å². The molecule has 6 heteroatoms. The van der Waals surface area contributed by atoms with E-state index in [4.69, 9.17) is 14.7 Å². The quantitative estimate of drug-likeness (QED) is 0.872. The largest absolute Gasteiger partial charge is 0.457 e. The number of nitrogens with one attached hydrogen (secondary N) is 2. The lowest BCUT2D eigenvalue weighted by molar-refractivity contribution is 0.112. The van der Waals surface area contributed by atoms with Crippen molar-refractivity contribution in [1.82, 2.24) is 5.32 Å². The molecule has 3 rings (SSSR count). The number of anilines is 1. The fourth-order valence-electron chi connectivity index (χ4n) is 2.53. The average Bonchev–Trinajstić information content (AvgIpc) is 3.16. The minimum atomic E-state index is -0.253. The molecule has 25 heavy (non-hydrogen) atoms. The van der Waals surface area contributed by atoms with Crippen LogP contribution in [0, 0.1) is 11.3 Å². The van der Waals surface area contributed by atoms with Gasteiger partial charge in [-0.2, -0.15) is 5.26 Å². The minimum absolute atomic E-state index is 0.119. The van der Waals surface area contributed by atoms with Gasteiger partial charge in [0.05, 0.1) is 17.7 Å². The standard InChI is InChI=1S/C19H19N3O3/c20-12-14-3-7-16(8-4-14)25-17-9-5-15(6-10-17)22-19(23)21-13-18-2-1-11-24-18/h3-10,18H,1-2,11,13H2,(H2,21,22,23). The van der Waals surface area contributed by atoms with Gasteiger partial charge in [0.15, 0.2) is 0 Å². The normalized spacial score (nSPS) is 16.0. The number of urea groups is 1. The van der Waals surface area contributed by atoms with Crippen molar-refractivity contribution in [3.05, 3.63) is 54.1 Å². The van der Waals surface area contributed by atoms with E-state index in [1.807, 2.05) is 0 Å². The lowest BCUT2D eigenvalue weighted by Gasteiger charge is -2.12. The molecule has 0 radical (unpaired) electrons. The van der Waals surface area contributed by atoms with Gasteiger partial charge in [-0.15, -0.1) is 0 Å². The number of amides is 2. The Kier molecular flexibility index (Phi) is 5.50. The number of ether oxygens (including phenoxy) is 2. The zero-order valence-corrected chi connectivity index (χ0v) is 13.7. The number of rotatable bonds is 5. The van der Waals surface area contributed by atoms with Crippen molar-refractivity contribution in [1.29, 1.82) is 5.26 Å². The molecule has 1 aliphatic heterocycles. The summed E-state index contributed by atoms with van der Waals surface area (Å²) in [4.78, 5) is 11.9. The monoisotopic (exact) mass is 337 g/mol. The fraction of sp³-hybridized carbons (Fsp3) is 0.263. The average molecular weight is 337 g/mol. The lowest BCUT2D eigenvalue weighted by Crippen LogP contribution is -2.34. The van der Waals surface area contributed by atoms with Crippen LogP contribution in [0.1, 0.15) is 18.4 Å². The van der Waals surface area contributed by atoms with E-state index in [1.54, 1.807) is 48.5 Å². The van der Waals surface area contributed by atoms with E-state index in [-0.39, 0.29) is 12.1 Å². The highest BCUT2D eigenvalue weighted by Crippen LogP contribution is 2.23. The summed E-state index contributed by atoms with van der Waals surface area (Å²) >= 11 is 0. The Balaban J connectivity index is 1.49. The molecule has 2 aromatic carbocycles. The Bertz CT molecular complexity index is 745. The second-order valence-corrected chi connectivity index (χ2v) is 5.73. The van der Waals surface area contributed by atoms with E-state index in [1.165, 1.54) is 0 Å². The van der Waals surface area contributed by atoms with Gasteiger partial charge in [0, 0.05) is 18.8 Å². The number of hydrogen-bond donors (Lipinski definition) is 2. The number of nitrogens with zero attached hydrogens (tertiary/aromatic N) is 1. The first-order chi connectivity index (χ1) is 12.2. The predicted molar refractivity (Wildman–Crippen MR) is 93.7 cm³/mol. The van der Waals surface area contributed by atoms with Crippen LogP contribution in [0.2, 0.25) is 0 Å². The van der Waals surface area contributed by atoms with Gasteiger partial charge in [-0.1, -0.05) is 0 Å². The molecule has 1 aliphatic rings. The molecule has 0 aliphatic carbocycles. The Morgan fingerprint density at radius 2 is 1.84 bits per heavy atom. The Hall–Kier alpha value is -3.04. The number of hydrogen-bond acceptors (Lipinski definition) is 4. The SMILES string of the molecule is N#Cc1ccc(Oc2ccc(NC(=O)NCC3CCCO3)cc2)cc1. The van der Waals surface area contributed by atoms with Crippen LogP contribution >= 0.6 is 0 Å². The molecule has 1 unspecified atom stereocenters. The van der Waals surface area contributed by atoms with Crippen molar-refractivity contribution in [2.24, 2.45) is 0 Å². The molecule has 0 bridgehead atoms. The predicted octanol–water partition coefficient (Wildman–Crippen LogP) is 3.65. The first-order valence-electron chi connectivity index (χ1n) is 8.17. The molecule has 1 heterocycles. The molecule has 1 atom stereocenters. The number of benzene rings is 2. The van der Waals surface area contributed by atoms with Crippen LogP contribution < -0.4 is 15.4 Å². The molecular weight excluding hydrogens is 318 g/mol. The second kappa shape index (κ2) is 8.18. The van der Waals surface area contributed by atoms with Crippen LogP contribution in [0.15, 0.2) is 48.5 Å². The summed E-state index contributed by atoms with van der Waals surface area (Å²) < 4.78 is 11.2. The van der Waals surface area contributed by atoms with E-state index in [2.05, 4.69) is 16.7 Å². The van der Waals surface area contributed by atoms with Crippen LogP contribution in [0.25, 0.3) is 0 Å². The summed E-state index contributed by atoms with van der Waals surface area (Å²) in [5.74, 6) is 1.30. The molecule has 128 valence electrons. The molecule has 1 saturated heterocycles. The molecule has 0 spiro atoms. The van der Waals surface area contributed by atoms with Crippen molar-refractivity contribution in [2.45, 2.75) is 18.9 Å². The maximum atomic E-state index is 11.9. The number of carbonyl (C=O) groups excluding carboxylic acids is 1. The van der Waals surface area contributed by atoms with Gasteiger partial charge < -0.3 is 20.1 Å². The highest BCUT2D eigenvalue weighted by Gasteiger charge is 2.16. The van der Waals surface area contributed by atoms with Crippen molar-refractivity contribution >= 4 is 11.7 Å². The van der Waals surface area contributed by atoms with Crippen molar-refractivity contribution in [3.8, 4) is 17.6 Å². The van der Waals surface area contributed by atoms with Gasteiger partial charge in [-0.05, 0) is 61.4 Å². The molecule has 2 aromatic rings. The maximum absolute atomic E-state index is 11.9. The van der Waals surface area contributed by atoms with E-state index in [0.29, 0.717) is 29.3 Å². The molecular formula is C19H19N3O3. The Labute approximate surface area is 146 Å². The molecule has 0 saturated carbocycles. The zero-order valence-electron chi connectivity index (χ0n) is 13.7. The van der Waals surface area contributed by atoms with E-state index in [9.17, 15) is 4.79 Å². The van der Waals surface area contributed by atoms with Crippen LogP contribution in [-0.2, 0) is 4.74 Å². The third kappa shape index (κ3) is 4.96. The molecule has 2 N–H and O–H groups in total.